The average Bonchev–Trinajstić information content (AvgIpc) is 3.68. The lowest BCUT2D eigenvalue weighted by atomic mass is 9.63. The molecule has 0 N–H and O–H groups in total. The van der Waals surface area contributed by atoms with Crippen LogP contribution in [0.4, 0.5) is 0 Å². The molecule has 1 spiro atoms. The van der Waals surface area contributed by atoms with Crippen LogP contribution in [-0.4, -0.2) is 0 Å². The van der Waals surface area contributed by atoms with E-state index in [1.165, 1.54) is 61.2 Å². The maximum Gasteiger partial charge on any atom is 0.140 e. The molecule has 0 aromatic heterocycles. The summed E-state index contributed by atoms with van der Waals surface area (Å²) in [7, 11) is 0. The third kappa shape index (κ3) is 3.55. The van der Waals surface area contributed by atoms with Crippen LogP contribution in [-0.2, 0) is 10.8 Å². The van der Waals surface area contributed by atoms with Crippen LogP contribution in [0.5, 0.6) is 11.5 Å². The molecule has 3 aliphatic rings. The molecule has 1 nitrogen and oxygen atoms in total. The largest absolute Gasteiger partial charge is 0.456 e. The highest BCUT2D eigenvalue weighted by atomic mass is 16.5. The van der Waals surface area contributed by atoms with Gasteiger partial charge in [0.05, 0.1) is 10.8 Å². The Morgan fingerprint density at radius 2 is 0.667 bits per heavy atom. The fourth-order valence-corrected chi connectivity index (χ4v) is 9.82. The van der Waals surface area contributed by atoms with Gasteiger partial charge in [-0.1, -0.05) is 188 Å². The third-order valence-electron chi connectivity index (χ3n) is 11.6. The van der Waals surface area contributed by atoms with Crippen molar-refractivity contribution < 1.29 is 4.74 Å². The maximum atomic E-state index is 7.19. The van der Waals surface area contributed by atoms with Crippen LogP contribution in [0, 0.1) is 0 Å². The van der Waals surface area contributed by atoms with Gasteiger partial charge in [0, 0.05) is 16.7 Å². The van der Waals surface area contributed by atoms with Crippen molar-refractivity contribution in [3.8, 4) is 44.9 Å². The van der Waals surface area contributed by atoms with Crippen LogP contribution < -0.4 is 4.74 Å². The quantitative estimate of drug-likeness (QED) is 0.185. The molecule has 0 bridgehead atoms. The zero-order valence-electron chi connectivity index (χ0n) is 27.9. The first kappa shape index (κ1) is 28.4. The lowest BCUT2D eigenvalue weighted by Crippen LogP contribution is -2.34. The van der Waals surface area contributed by atoms with E-state index in [0.717, 1.165) is 28.2 Å². The first-order valence-corrected chi connectivity index (χ1v) is 17.8. The van der Waals surface area contributed by atoms with E-state index in [9.17, 15) is 0 Å². The second-order valence-corrected chi connectivity index (χ2v) is 13.9. The van der Waals surface area contributed by atoms with Gasteiger partial charge in [-0.2, -0.15) is 0 Å². The van der Waals surface area contributed by atoms with Gasteiger partial charge in [0.25, 0.3) is 0 Å². The Morgan fingerprint density at radius 3 is 1.25 bits per heavy atom. The number of fused-ring (bicyclic) bond motifs is 12. The molecule has 2 aliphatic carbocycles. The van der Waals surface area contributed by atoms with Crippen LogP contribution in [0.2, 0.25) is 0 Å². The van der Waals surface area contributed by atoms with Crippen LogP contribution in [0.1, 0.15) is 44.5 Å². The summed E-state index contributed by atoms with van der Waals surface area (Å²) in [5, 5.41) is 0. The van der Waals surface area contributed by atoms with Crippen molar-refractivity contribution in [1.82, 2.24) is 0 Å². The summed E-state index contributed by atoms with van der Waals surface area (Å²) in [6.07, 6.45) is 0. The summed E-state index contributed by atoms with van der Waals surface area (Å²) in [5.41, 5.74) is 16.5. The van der Waals surface area contributed by atoms with Crippen molar-refractivity contribution >= 4 is 0 Å². The first-order valence-electron chi connectivity index (χ1n) is 17.8. The molecule has 1 heteroatoms. The Hall–Kier alpha value is -6.44. The molecule has 51 heavy (non-hydrogen) atoms. The number of para-hydroxylation sites is 2. The van der Waals surface area contributed by atoms with Crippen molar-refractivity contribution in [2.45, 2.75) is 10.8 Å². The van der Waals surface area contributed by atoms with Gasteiger partial charge in [-0.3, -0.25) is 0 Å². The van der Waals surface area contributed by atoms with Gasteiger partial charge in [0.1, 0.15) is 11.5 Å². The monoisotopic (exact) mass is 648 g/mol. The summed E-state index contributed by atoms with van der Waals surface area (Å²) in [6, 6.07) is 71.2. The minimum absolute atomic E-state index is 0.471. The average molecular weight is 649 g/mol. The fourth-order valence-electron chi connectivity index (χ4n) is 9.82. The molecule has 0 fully saturated rings. The zero-order chi connectivity index (χ0) is 33.6. The van der Waals surface area contributed by atoms with Gasteiger partial charge in [-0.05, 0) is 67.3 Å². The van der Waals surface area contributed by atoms with Gasteiger partial charge in [-0.15, -0.1) is 0 Å². The molecule has 11 rings (SSSR count). The fraction of sp³-hybridized carbons (Fsp3) is 0.0400. The van der Waals surface area contributed by atoms with E-state index >= 15 is 0 Å². The molecule has 1 aliphatic heterocycles. The number of benzene rings is 8. The van der Waals surface area contributed by atoms with Crippen LogP contribution in [0.3, 0.4) is 0 Å². The summed E-state index contributed by atoms with van der Waals surface area (Å²) >= 11 is 0. The Bertz CT molecular complexity index is 2570. The smallest absolute Gasteiger partial charge is 0.140 e. The van der Waals surface area contributed by atoms with Crippen molar-refractivity contribution in [1.29, 1.82) is 0 Å². The normalized spacial score (nSPS) is 14.7. The Kier molecular flexibility index (Phi) is 5.86. The molecule has 0 unspecified atom stereocenters. The van der Waals surface area contributed by atoms with E-state index in [2.05, 4.69) is 194 Å². The van der Waals surface area contributed by atoms with Crippen molar-refractivity contribution in [3.63, 3.8) is 0 Å². The van der Waals surface area contributed by atoms with Gasteiger partial charge < -0.3 is 4.74 Å². The summed E-state index contributed by atoms with van der Waals surface area (Å²) in [5.74, 6) is 1.79. The minimum Gasteiger partial charge on any atom is -0.456 e. The van der Waals surface area contributed by atoms with E-state index < -0.39 is 10.8 Å². The summed E-state index contributed by atoms with van der Waals surface area (Å²) in [4.78, 5) is 0. The van der Waals surface area contributed by atoms with Gasteiger partial charge in [0.15, 0.2) is 0 Å². The number of hydrogen-bond acceptors (Lipinski definition) is 1. The predicted molar refractivity (Wildman–Crippen MR) is 207 cm³/mol. The Labute approximate surface area is 298 Å². The van der Waals surface area contributed by atoms with E-state index in [0.29, 0.717) is 0 Å². The topological polar surface area (TPSA) is 9.23 Å². The summed E-state index contributed by atoms with van der Waals surface area (Å²) < 4.78 is 7.19. The second kappa shape index (κ2) is 10.5. The highest BCUT2D eigenvalue weighted by Crippen LogP contribution is 2.65. The number of rotatable bonds is 3. The SMILES string of the molecule is c1ccc(C2(c3ccccc3)c3ccccc3Oc3c(-c4cccc5c4C4(c6ccccc6-c6ccccc64)c4ccccc4-5)cccc32)cc1. The minimum atomic E-state index is -0.589. The highest BCUT2D eigenvalue weighted by Gasteiger charge is 2.53. The van der Waals surface area contributed by atoms with E-state index in [1.807, 2.05) is 0 Å². The molecule has 0 atom stereocenters. The lowest BCUT2D eigenvalue weighted by Gasteiger charge is -2.42. The lowest BCUT2D eigenvalue weighted by molar-refractivity contribution is 0.436. The number of hydrogen-bond donors (Lipinski definition) is 0. The van der Waals surface area contributed by atoms with Crippen LogP contribution in [0.15, 0.2) is 194 Å². The zero-order valence-corrected chi connectivity index (χ0v) is 27.9. The number of ether oxygens (including phenoxy) is 1. The van der Waals surface area contributed by atoms with Crippen molar-refractivity contribution in [2.24, 2.45) is 0 Å². The third-order valence-corrected chi connectivity index (χ3v) is 11.6. The predicted octanol–water partition coefficient (Wildman–Crippen LogP) is 12.2. The Morgan fingerprint density at radius 1 is 0.275 bits per heavy atom. The van der Waals surface area contributed by atoms with Crippen LogP contribution >= 0.6 is 0 Å². The van der Waals surface area contributed by atoms with Gasteiger partial charge in [0.2, 0.25) is 0 Å². The van der Waals surface area contributed by atoms with E-state index in [-0.39, 0.29) is 0 Å². The molecule has 0 saturated carbocycles. The van der Waals surface area contributed by atoms with Gasteiger partial charge >= 0.3 is 0 Å². The van der Waals surface area contributed by atoms with E-state index in [4.69, 9.17) is 4.74 Å². The van der Waals surface area contributed by atoms with Crippen molar-refractivity contribution in [2.75, 3.05) is 0 Å². The van der Waals surface area contributed by atoms with E-state index in [1.54, 1.807) is 0 Å². The molecule has 0 amide bonds. The van der Waals surface area contributed by atoms with Gasteiger partial charge in [-0.25, -0.2) is 0 Å². The molecule has 8 aromatic rings. The molecular formula is C50H32O. The van der Waals surface area contributed by atoms with Crippen molar-refractivity contribution in [3.05, 3.63) is 239 Å². The highest BCUT2D eigenvalue weighted by molar-refractivity contribution is 5.99. The molecule has 0 radical (unpaired) electrons. The summed E-state index contributed by atoms with van der Waals surface area (Å²) in [6.45, 7) is 0. The molecule has 8 aromatic carbocycles. The second-order valence-electron chi connectivity index (χ2n) is 13.9. The maximum absolute atomic E-state index is 7.19. The molecule has 238 valence electrons. The Balaban J connectivity index is 1.27. The molecular weight excluding hydrogens is 617 g/mol. The van der Waals surface area contributed by atoms with Crippen LogP contribution in [0.25, 0.3) is 33.4 Å². The standard InChI is InChI=1S/C50H32O/c1-3-17-33(18-4-1)49(34-19-5-2-6-20-34)44-30-13-14-32-46(44)51-48-40(26-16-31-45(48)49)39-25-15-24-38-37-23-9-12-29-43(37)50(47(38)39)41-27-10-7-21-35(41)36-22-8-11-28-42(36)50/h1-32H. The first-order chi connectivity index (χ1) is 25.3. The molecule has 0 saturated heterocycles. The molecule has 1 heterocycles.